The summed E-state index contributed by atoms with van der Waals surface area (Å²) in [4.78, 5) is 23.4. The van der Waals surface area contributed by atoms with Crippen molar-refractivity contribution in [2.45, 2.75) is 76.5 Å². The van der Waals surface area contributed by atoms with Crippen molar-refractivity contribution in [2.75, 3.05) is 28.6 Å². The molecule has 1 saturated heterocycles. The van der Waals surface area contributed by atoms with E-state index in [4.69, 9.17) is 15.8 Å². The second-order valence-corrected chi connectivity index (χ2v) is 13.5. The fraction of sp³-hybridized carbons (Fsp3) is 0.516. The van der Waals surface area contributed by atoms with Crippen LogP contribution >= 0.6 is 11.3 Å². The van der Waals surface area contributed by atoms with Gasteiger partial charge in [-0.05, 0) is 62.6 Å². The molecule has 3 aliphatic rings. The number of anilines is 3. The fourth-order valence-electron chi connectivity index (χ4n) is 7.12. The molecule has 6 atom stereocenters. The molecule has 1 aliphatic heterocycles. The van der Waals surface area contributed by atoms with Gasteiger partial charge in [-0.3, -0.25) is 9.78 Å². The first-order valence-corrected chi connectivity index (χ1v) is 16.6. The number of nitrogens with two attached hydrogens (primary N) is 1. The Morgan fingerprint density at radius 3 is 2.67 bits per heavy atom. The van der Waals surface area contributed by atoms with Crippen LogP contribution in [-0.4, -0.2) is 72.9 Å². The maximum atomic E-state index is 11.7. The minimum Gasteiger partial charge on any atom is -0.369 e. The summed E-state index contributed by atoms with van der Waals surface area (Å²) < 4.78 is 1.84. The number of carbonyl (C=O) groups is 1. The lowest BCUT2D eigenvalue weighted by molar-refractivity contribution is -0.120. The summed E-state index contributed by atoms with van der Waals surface area (Å²) in [6.07, 6.45) is 10.1. The fourth-order valence-corrected chi connectivity index (χ4v) is 8.01. The van der Waals surface area contributed by atoms with Gasteiger partial charge in [0.05, 0.1) is 34.7 Å². The lowest BCUT2D eigenvalue weighted by Gasteiger charge is -2.37. The zero-order valence-corrected chi connectivity index (χ0v) is 26.3. The summed E-state index contributed by atoms with van der Waals surface area (Å²) in [6.45, 7) is 5.10. The highest BCUT2D eigenvalue weighted by atomic mass is 32.1. The molecule has 2 bridgehead atoms. The van der Waals surface area contributed by atoms with Crippen molar-refractivity contribution in [1.29, 1.82) is 5.26 Å². The van der Waals surface area contributed by atoms with E-state index in [1.54, 1.807) is 19.3 Å². The monoisotopic (exact) mass is 626 g/mol. The third kappa shape index (κ3) is 5.89. The van der Waals surface area contributed by atoms with Crippen LogP contribution in [0.2, 0.25) is 0 Å². The highest BCUT2D eigenvalue weighted by molar-refractivity contribution is 7.18. The average Bonchev–Trinajstić information content (AvgIpc) is 3.74. The molecule has 0 spiro atoms. The van der Waals surface area contributed by atoms with Crippen LogP contribution in [0.3, 0.4) is 0 Å². The Bertz CT molecular complexity index is 1730. The molecule has 1 unspecified atom stereocenters. The predicted molar refractivity (Wildman–Crippen MR) is 174 cm³/mol. The summed E-state index contributed by atoms with van der Waals surface area (Å²) in [5, 5.41) is 35.1. The van der Waals surface area contributed by atoms with Gasteiger partial charge in [0.15, 0.2) is 5.01 Å². The summed E-state index contributed by atoms with van der Waals surface area (Å²) in [5.74, 6) is 1.38. The van der Waals surface area contributed by atoms with E-state index in [2.05, 4.69) is 42.1 Å². The van der Waals surface area contributed by atoms with Crippen LogP contribution in [-0.2, 0) is 4.79 Å². The molecule has 5 N–H and O–H groups in total. The number of amides is 1. The lowest BCUT2D eigenvalue weighted by Crippen LogP contribution is -2.52. The molecule has 45 heavy (non-hydrogen) atoms. The molecule has 3 fully saturated rings. The minimum atomic E-state index is -0.434. The van der Waals surface area contributed by atoms with E-state index in [0.717, 1.165) is 84.2 Å². The molecule has 234 valence electrons. The van der Waals surface area contributed by atoms with E-state index in [-0.39, 0.29) is 24.0 Å². The van der Waals surface area contributed by atoms with Crippen molar-refractivity contribution >= 4 is 39.5 Å². The van der Waals surface area contributed by atoms with Gasteiger partial charge in [0, 0.05) is 50.0 Å². The van der Waals surface area contributed by atoms with Crippen LogP contribution in [0, 0.1) is 23.2 Å². The van der Waals surface area contributed by atoms with Gasteiger partial charge in [-0.25, -0.2) is 9.50 Å². The molecule has 4 aromatic rings. The molecule has 0 aromatic carbocycles. The SMILES string of the molecule is CC(=O)NC1[C@@H]2CC[C@H]1CN(c1nnc(-c3cnc(-c4ccc5cnc(N[C@@H]6CCCC[C@@H]6N)nn45)cc3N[C@H](C)C#N)s1)C2. The van der Waals surface area contributed by atoms with Crippen molar-refractivity contribution in [3.05, 3.63) is 30.6 Å². The topological polar surface area (TPSA) is 175 Å². The Hall–Kier alpha value is -4.35. The van der Waals surface area contributed by atoms with Crippen LogP contribution in [0.5, 0.6) is 0 Å². The Balaban J connectivity index is 1.16. The van der Waals surface area contributed by atoms with E-state index in [0.29, 0.717) is 23.5 Å². The van der Waals surface area contributed by atoms with Gasteiger partial charge < -0.3 is 26.6 Å². The van der Waals surface area contributed by atoms with Crippen LogP contribution in [0.15, 0.2) is 30.6 Å². The number of nitrogens with one attached hydrogen (secondary N) is 3. The number of carbonyl (C=O) groups excluding carboxylic acids is 1. The van der Waals surface area contributed by atoms with Crippen LogP contribution in [0.25, 0.3) is 27.5 Å². The number of nitrogens with zero attached hydrogens (tertiary/aromatic N) is 8. The molecule has 5 heterocycles. The molecule has 14 heteroatoms. The summed E-state index contributed by atoms with van der Waals surface area (Å²) in [5.41, 5.74) is 10.2. The van der Waals surface area contributed by atoms with E-state index in [9.17, 15) is 10.1 Å². The van der Waals surface area contributed by atoms with Gasteiger partial charge in [-0.15, -0.1) is 15.3 Å². The standard InChI is InChI=1S/C31H38N12OS/c1-17(12-32)36-25-11-26(27-10-9-21-13-35-30(41-43(21)27)38-24-6-4-3-5-23(24)33)34-14-22(25)29-39-40-31(45-29)42-15-19-7-8-20(16-42)28(19)37-18(2)44/h9-11,13-14,17,19-20,23-24,28H,3-8,15-16,33H2,1-2H3,(H,34,36)(H,37,44)(H,38,41)/t17-,19-,20+,23+,24-,28?/m1/s1. The normalized spacial score (nSPS) is 25.1. The molecular weight excluding hydrogens is 588 g/mol. The minimum absolute atomic E-state index is 0.0352. The maximum Gasteiger partial charge on any atom is 0.241 e. The quantitative estimate of drug-likeness (QED) is 0.225. The first-order valence-electron chi connectivity index (χ1n) is 15.8. The van der Waals surface area contributed by atoms with Gasteiger partial charge in [-0.2, -0.15) is 5.26 Å². The lowest BCUT2D eigenvalue weighted by atomic mass is 9.91. The van der Waals surface area contributed by atoms with Gasteiger partial charge >= 0.3 is 0 Å². The second-order valence-electron chi connectivity index (χ2n) is 12.6. The van der Waals surface area contributed by atoms with Crippen LogP contribution in [0.4, 0.5) is 16.8 Å². The number of aromatic nitrogens is 6. The first-order chi connectivity index (χ1) is 21.9. The van der Waals surface area contributed by atoms with Gasteiger partial charge in [0.25, 0.3) is 0 Å². The maximum absolute atomic E-state index is 11.7. The van der Waals surface area contributed by atoms with E-state index < -0.39 is 6.04 Å². The zero-order valence-electron chi connectivity index (χ0n) is 25.5. The Morgan fingerprint density at radius 2 is 1.91 bits per heavy atom. The molecule has 7 rings (SSSR count). The number of pyridine rings is 1. The smallest absolute Gasteiger partial charge is 0.241 e. The Labute approximate surface area is 265 Å². The van der Waals surface area contributed by atoms with E-state index >= 15 is 0 Å². The van der Waals surface area contributed by atoms with E-state index in [1.165, 1.54) is 11.3 Å². The molecule has 4 aromatic heterocycles. The summed E-state index contributed by atoms with van der Waals surface area (Å²) in [6, 6.07) is 8.18. The number of hydrogen-bond donors (Lipinski definition) is 4. The molecule has 0 radical (unpaired) electrons. The van der Waals surface area contributed by atoms with Gasteiger partial charge in [0.1, 0.15) is 6.04 Å². The largest absolute Gasteiger partial charge is 0.369 e. The first kappa shape index (κ1) is 29.4. The highest BCUT2D eigenvalue weighted by Crippen LogP contribution is 2.41. The van der Waals surface area contributed by atoms with E-state index in [1.807, 2.05) is 29.6 Å². The number of hydrogen-bond acceptors (Lipinski definition) is 12. The number of fused-ring (bicyclic) bond motifs is 3. The third-order valence-corrected chi connectivity index (χ3v) is 10.4. The van der Waals surface area contributed by atoms with Gasteiger partial charge in [-0.1, -0.05) is 24.2 Å². The van der Waals surface area contributed by atoms with Crippen LogP contribution < -0.4 is 26.6 Å². The Kier molecular flexibility index (Phi) is 7.97. The zero-order chi connectivity index (χ0) is 31.1. The average molecular weight is 627 g/mol. The number of rotatable bonds is 8. The molecule has 2 aliphatic carbocycles. The third-order valence-electron chi connectivity index (χ3n) is 9.38. The number of nitriles is 1. The van der Waals surface area contributed by atoms with Crippen molar-refractivity contribution in [1.82, 2.24) is 35.1 Å². The molecule has 2 saturated carbocycles. The summed E-state index contributed by atoms with van der Waals surface area (Å²) in [7, 11) is 0. The van der Waals surface area contributed by atoms with Crippen molar-refractivity contribution in [3.8, 4) is 28.0 Å². The molecule has 1 amide bonds. The molecular formula is C31H38N12OS. The van der Waals surface area contributed by atoms with Crippen molar-refractivity contribution < 1.29 is 4.79 Å². The molecule has 13 nitrogen and oxygen atoms in total. The van der Waals surface area contributed by atoms with Crippen molar-refractivity contribution in [3.63, 3.8) is 0 Å². The number of piperidine rings is 1. The van der Waals surface area contributed by atoms with Gasteiger partial charge in [0.2, 0.25) is 17.0 Å². The Morgan fingerprint density at radius 1 is 1.11 bits per heavy atom. The summed E-state index contributed by atoms with van der Waals surface area (Å²) >= 11 is 1.52. The predicted octanol–water partition coefficient (Wildman–Crippen LogP) is 3.67. The second kappa shape index (κ2) is 12.2. The highest BCUT2D eigenvalue weighted by Gasteiger charge is 2.43. The van der Waals surface area contributed by atoms with Crippen LogP contribution in [0.1, 0.15) is 52.4 Å². The van der Waals surface area contributed by atoms with Crippen molar-refractivity contribution in [2.24, 2.45) is 17.6 Å².